The maximum absolute atomic E-state index is 14.6. The number of rotatable bonds is 8. The van der Waals surface area contributed by atoms with Crippen LogP contribution in [-0.2, 0) is 28.9 Å². The largest absolute Gasteiger partial charge is 0.375 e. The number of carbonyl (C=O) groups excluding carboxylic acids is 1. The third-order valence-electron chi connectivity index (χ3n) is 5.04. The summed E-state index contributed by atoms with van der Waals surface area (Å²) in [7, 11) is 5.34. The van der Waals surface area contributed by atoms with Crippen molar-refractivity contribution in [2.75, 3.05) is 21.2 Å². The van der Waals surface area contributed by atoms with Crippen molar-refractivity contribution < 1.29 is 13.9 Å². The number of halogens is 2. The van der Waals surface area contributed by atoms with Gasteiger partial charge in [-0.15, -0.1) is 5.10 Å². The van der Waals surface area contributed by atoms with Crippen molar-refractivity contribution in [3.63, 3.8) is 0 Å². The molecule has 0 spiro atoms. The van der Waals surface area contributed by atoms with Crippen molar-refractivity contribution >= 4 is 28.7 Å². The number of carbonyl (C=O) groups is 1. The van der Waals surface area contributed by atoms with Gasteiger partial charge in [-0.3, -0.25) is 4.79 Å². The Labute approximate surface area is 188 Å². The van der Waals surface area contributed by atoms with Crippen LogP contribution in [0, 0.1) is 5.82 Å². The standard InChI is InChI=1S/C21H23ClFN7O2/c1-12(32-4)20-14(9-24-19-8-17(22)26-30(19)20)7-15(31)5-13-6-16(23)21-25-18(11-28(2)3)27-29(21)10-13/h6,8-10,12H,5,7,11H2,1-4H3/t12-/m0/s1. The van der Waals surface area contributed by atoms with Crippen LogP contribution in [0.15, 0.2) is 24.5 Å². The highest BCUT2D eigenvalue weighted by Crippen LogP contribution is 2.24. The topological polar surface area (TPSA) is 89.9 Å². The molecule has 0 fully saturated rings. The highest BCUT2D eigenvalue weighted by atomic mass is 35.5. The van der Waals surface area contributed by atoms with Crippen LogP contribution in [0.3, 0.4) is 0 Å². The van der Waals surface area contributed by atoms with E-state index < -0.39 is 5.82 Å². The Morgan fingerprint density at radius 3 is 2.78 bits per heavy atom. The van der Waals surface area contributed by atoms with Crippen LogP contribution in [-0.4, -0.2) is 61.1 Å². The maximum atomic E-state index is 14.6. The van der Waals surface area contributed by atoms with E-state index >= 15 is 0 Å². The SMILES string of the molecule is CO[C@@H](C)c1c(CC(=O)Cc2cc(F)c3nc(CN(C)C)nn3c2)cnc2cc(Cl)nn12. The van der Waals surface area contributed by atoms with Crippen LogP contribution in [0.25, 0.3) is 11.3 Å². The second-order valence-electron chi connectivity index (χ2n) is 7.91. The van der Waals surface area contributed by atoms with Gasteiger partial charge in [-0.1, -0.05) is 11.6 Å². The predicted octanol–water partition coefficient (Wildman–Crippen LogP) is 2.69. The van der Waals surface area contributed by atoms with Crippen molar-refractivity contribution in [1.82, 2.24) is 34.1 Å². The van der Waals surface area contributed by atoms with E-state index in [-0.39, 0.29) is 30.4 Å². The lowest BCUT2D eigenvalue weighted by atomic mass is 10.0. The molecule has 4 rings (SSSR count). The number of nitrogens with zero attached hydrogens (tertiary/aromatic N) is 7. The number of fused-ring (bicyclic) bond motifs is 2. The third kappa shape index (κ3) is 4.47. The average Bonchev–Trinajstić information content (AvgIpc) is 3.29. The van der Waals surface area contributed by atoms with Gasteiger partial charge < -0.3 is 9.64 Å². The Bertz CT molecular complexity index is 1300. The molecule has 0 aromatic carbocycles. The highest BCUT2D eigenvalue weighted by Gasteiger charge is 2.20. The molecule has 0 amide bonds. The van der Waals surface area contributed by atoms with Crippen LogP contribution in [0.2, 0.25) is 5.15 Å². The summed E-state index contributed by atoms with van der Waals surface area (Å²) in [5.41, 5.74) is 2.59. The normalized spacial score (nSPS) is 12.8. The van der Waals surface area contributed by atoms with Crippen molar-refractivity contribution in [2.45, 2.75) is 32.4 Å². The summed E-state index contributed by atoms with van der Waals surface area (Å²) in [5, 5.41) is 8.87. The summed E-state index contributed by atoms with van der Waals surface area (Å²) >= 11 is 6.03. The van der Waals surface area contributed by atoms with Gasteiger partial charge in [0.05, 0.1) is 18.3 Å². The van der Waals surface area contributed by atoms with Gasteiger partial charge in [0.15, 0.2) is 28.1 Å². The fourth-order valence-corrected chi connectivity index (χ4v) is 3.80. The fraction of sp³-hybridized carbons (Fsp3) is 0.381. The van der Waals surface area contributed by atoms with Crippen molar-refractivity contribution in [1.29, 1.82) is 0 Å². The van der Waals surface area contributed by atoms with Crippen LogP contribution in [0.5, 0.6) is 0 Å². The molecule has 0 radical (unpaired) electrons. The monoisotopic (exact) mass is 459 g/mol. The summed E-state index contributed by atoms with van der Waals surface area (Å²) in [6.07, 6.45) is 3.06. The van der Waals surface area contributed by atoms with Crippen LogP contribution in [0.1, 0.15) is 35.7 Å². The second-order valence-corrected chi connectivity index (χ2v) is 8.29. The van der Waals surface area contributed by atoms with Gasteiger partial charge in [0.2, 0.25) is 0 Å². The van der Waals surface area contributed by atoms with Gasteiger partial charge in [-0.25, -0.2) is 23.4 Å². The lowest BCUT2D eigenvalue weighted by Gasteiger charge is -2.16. The fourth-order valence-electron chi connectivity index (χ4n) is 3.63. The van der Waals surface area contributed by atoms with Gasteiger partial charge in [0, 0.05) is 44.0 Å². The summed E-state index contributed by atoms with van der Waals surface area (Å²) < 4.78 is 23.0. The Morgan fingerprint density at radius 1 is 1.28 bits per heavy atom. The molecule has 0 aliphatic heterocycles. The zero-order valence-electron chi connectivity index (χ0n) is 18.2. The van der Waals surface area contributed by atoms with E-state index in [0.717, 1.165) is 0 Å². The lowest BCUT2D eigenvalue weighted by molar-refractivity contribution is -0.117. The predicted molar refractivity (Wildman–Crippen MR) is 116 cm³/mol. The molecule has 11 heteroatoms. The summed E-state index contributed by atoms with van der Waals surface area (Å²) in [4.78, 5) is 23.3. The number of Topliss-reactive ketones (excluding diaryl/α,β-unsaturated/α-hetero) is 1. The molecule has 168 valence electrons. The van der Waals surface area contributed by atoms with Crippen molar-refractivity contribution in [3.8, 4) is 0 Å². The highest BCUT2D eigenvalue weighted by molar-refractivity contribution is 6.29. The minimum absolute atomic E-state index is 0.0361. The van der Waals surface area contributed by atoms with Gasteiger partial charge in [-0.05, 0) is 32.6 Å². The molecule has 4 aromatic rings. The quantitative estimate of drug-likeness (QED) is 0.400. The molecule has 32 heavy (non-hydrogen) atoms. The van der Waals surface area contributed by atoms with E-state index in [4.69, 9.17) is 16.3 Å². The molecule has 0 N–H and O–H groups in total. The average molecular weight is 460 g/mol. The first-order valence-electron chi connectivity index (χ1n) is 10.0. The van der Waals surface area contributed by atoms with E-state index in [0.29, 0.717) is 40.0 Å². The number of methoxy groups -OCH3 is 1. The summed E-state index contributed by atoms with van der Waals surface area (Å²) in [6, 6.07) is 2.97. The first-order valence-corrected chi connectivity index (χ1v) is 10.4. The molecule has 0 saturated carbocycles. The van der Waals surface area contributed by atoms with Gasteiger partial charge in [0.25, 0.3) is 0 Å². The number of pyridine rings is 1. The van der Waals surface area contributed by atoms with E-state index in [1.165, 1.54) is 10.6 Å². The molecule has 0 unspecified atom stereocenters. The van der Waals surface area contributed by atoms with Crippen molar-refractivity contribution in [2.24, 2.45) is 0 Å². The van der Waals surface area contributed by atoms with Gasteiger partial charge in [-0.2, -0.15) is 5.10 Å². The molecular weight excluding hydrogens is 437 g/mol. The number of hydrogen-bond donors (Lipinski definition) is 0. The third-order valence-corrected chi connectivity index (χ3v) is 5.23. The van der Waals surface area contributed by atoms with Crippen LogP contribution >= 0.6 is 11.6 Å². The summed E-state index contributed by atoms with van der Waals surface area (Å²) in [5.74, 6) is -0.120. The first kappa shape index (κ1) is 22.3. The Balaban J connectivity index is 1.60. The molecule has 4 heterocycles. The number of aromatic nitrogens is 6. The number of hydrogen-bond acceptors (Lipinski definition) is 7. The molecule has 9 nitrogen and oxygen atoms in total. The van der Waals surface area contributed by atoms with E-state index in [9.17, 15) is 9.18 Å². The Morgan fingerprint density at radius 2 is 2.06 bits per heavy atom. The second kappa shape index (κ2) is 8.89. The lowest BCUT2D eigenvalue weighted by Crippen LogP contribution is -2.15. The van der Waals surface area contributed by atoms with E-state index in [2.05, 4.69) is 20.2 Å². The smallest absolute Gasteiger partial charge is 0.191 e. The van der Waals surface area contributed by atoms with E-state index in [1.807, 2.05) is 25.9 Å². The molecule has 0 bridgehead atoms. The zero-order valence-corrected chi connectivity index (χ0v) is 19.0. The molecular formula is C21H23ClFN7O2. The Hall–Kier alpha value is -2.95. The van der Waals surface area contributed by atoms with Crippen molar-refractivity contribution in [3.05, 3.63) is 58.1 Å². The minimum Gasteiger partial charge on any atom is -0.375 e. The van der Waals surface area contributed by atoms with Crippen LogP contribution < -0.4 is 0 Å². The zero-order chi connectivity index (χ0) is 23.0. The number of ketones is 1. The molecule has 4 aromatic heterocycles. The molecule has 0 aliphatic carbocycles. The first-order chi connectivity index (χ1) is 15.2. The molecule has 0 aliphatic rings. The molecule has 0 saturated heterocycles. The van der Waals surface area contributed by atoms with Gasteiger partial charge in [0.1, 0.15) is 5.78 Å². The molecule has 1 atom stereocenters. The van der Waals surface area contributed by atoms with Gasteiger partial charge >= 0.3 is 0 Å². The number of ether oxygens (including phenoxy) is 1. The maximum Gasteiger partial charge on any atom is 0.191 e. The van der Waals surface area contributed by atoms with Crippen LogP contribution in [0.4, 0.5) is 4.39 Å². The van der Waals surface area contributed by atoms with E-state index in [1.54, 1.807) is 30.1 Å². The minimum atomic E-state index is -0.518. The Kier molecular flexibility index (Phi) is 6.18. The summed E-state index contributed by atoms with van der Waals surface area (Å²) in [6.45, 7) is 2.35.